The SMILES string of the molecule is NCCN(CCN)C(=O)CCN(N)C(=O)N[C@@H](CCc1ccccc1)C(=O)Cc1cnc2ccccc2c1.NCCNCCN(CCN)C(=O)CN(N)C(=O)N[C@@H](CCc1ccccc1)C(=O)Cc1cnc2ccccc2c1. The van der Waals surface area contributed by atoms with Crippen LogP contribution in [0.2, 0.25) is 0 Å². The van der Waals surface area contributed by atoms with Crippen molar-refractivity contribution in [3.63, 3.8) is 0 Å². The van der Waals surface area contributed by atoms with Crippen LogP contribution < -0.4 is 50.6 Å². The summed E-state index contributed by atoms with van der Waals surface area (Å²) < 4.78 is 0. The number of ketones is 2. The number of nitrogens with two attached hydrogens (primary N) is 6. The van der Waals surface area contributed by atoms with Crippen LogP contribution in [0, 0.1) is 0 Å². The topological polar surface area (TPSA) is 333 Å². The van der Waals surface area contributed by atoms with E-state index in [0.29, 0.717) is 84.6 Å². The number of para-hydroxylation sites is 2. The van der Waals surface area contributed by atoms with E-state index in [0.717, 1.165) is 54.1 Å². The maximum Gasteiger partial charge on any atom is 0.332 e. The van der Waals surface area contributed by atoms with Gasteiger partial charge in [0.1, 0.15) is 6.54 Å². The van der Waals surface area contributed by atoms with Gasteiger partial charge in [0.15, 0.2) is 11.6 Å². The molecular weight excluding hydrogens is 991 g/mol. The Balaban J connectivity index is 0.000000288. The Morgan fingerprint density at radius 3 is 1.37 bits per heavy atom. The zero-order valence-corrected chi connectivity index (χ0v) is 44.4. The van der Waals surface area contributed by atoms with Gasteiger partial charge in [0.25, 0.3) is 0 Å². The van der Waals surface area contributed by atoms with E-state index in [1.807, 2.05) is 121 Å². The first-order valence-electron chi connectivity index (χ1n) is 26.3. The van der Waals surface area contributed by atoms with Gasteiger partial charge < -0.3 is 48.7 Å². The maximum atomic E-state index is 13.4. The van der Waals surface area contributed by atoms with Crippen LogP contribution in [0.25, 0.3) is 21.8 Å². The van der Waals surface area contributed by atoms with E-state index in [4.69, 9.17) is 34.6 Å². The molecule has 0 aliphatic heterocycles. The molecule has 0 radical (unpaired) electrons. The molecule has 2 aromatic heterocycles. The number of hydrogen-bond acceptors (Lipinski definition) is 15. The fraction of sp³-hybridized carbons (Fsp3) is 0.368. The molecule has 21 nitrogen and oxygen atoms in total. The van der Waals surface area contributed by atoms with Gasteiger partial charge in [-0.15, -0.1) is 0 Å². The third kappa shape index (κ3) is 20.6. The van der Waals surface area contributed by atoms with E-state index in [1.54, 1.807) is 22.2 Å². The molecule has 6 rings (SSSR count). The minimum absolute atomic E-state index is 0.00942. The predicted octanol–water partition coefficient (Wildman–Crippen LogP) is 1.94. The molecule has 0 fully saturated rings. The van der Waals surface area contributed by atoms with Gasteiger partial charge in [-0.05, 0) is 72.2 Å². The van der Waals surface area contributed by atoms with Gasteiger partial charge in [0.2, 0.25) is 11.8 Å². The number of hydrogen-bond donors (Lipinski definition) is 9. The molecule has 21 heteroatoms. The van der Waals surface area contributed by atoms with E-state index >= 15 is 0 Å². The van der Waals surface area contributed by atoms with Crippen molar-refractivity contribution >= 4 is 57.2 Å². The average Bonchev–Trinajstić information content (AvgIpc) is 3.46. The second kappa shape index (κ2) is 33.4. The average molecular weight is 1070 g/mol. The molecule has 0 unspecified atom stereocenters. The summed E-state index contributed by atoms with van der Waals surface area (Å²) in [5.41, 5.74) is 27.6. The van der Waals surface area contributed by atoms with Crippen molar-refractivity contribution in [2.75, 3.05) is 78.5 Å². The minimum Gasteiger partial charge on any atom is -0.340 e. The number of carbonyl (C=O) groups excluding carboxylic acids is 6. The first-order valence-corrected chi connectivity index (χ1v) is 26.3. The third-order valence-corrected chi connectivity index (χ3v) is 12.7. The second-order valence-corrected chi connectivity index (χ2v) is 18.6. The molecular formula is C57H77N15O6. The quantitative estimate of drug-likeness (QED) is 0.0135. The number of Topliss-reactive ketones (excluding diaryl/α,β-unsaturated/α-hetero) is 2. The molecule has 0 bridgehead atoms. The Hall–Kier alpha value is -7.76. The fourth-order valence-electron chi connectivity index (χ4n) is 8.50. The molecule has 2 atom stereocenters. The van der Waals surface area contributed by atoms with E-state index < -0.39 is 24.1 Å². The summed E-state index contributed by atoms with van der Waals surface area (Å²) in [6, 6.07) is 35.8. The molecule has 15 N–H and O–H groups in total. The number of benzene rings is 4. The second-order valence-electron chi connectivity index (χ2n) is 18.6. The Morgan fingerprint density at radius 1 is 0.474 bits per heavy atom. The number of nitrogens with zero attached hydrogens (tertiary/aromatic N) is 6. The lowest BCUT2D eigenvalue weighted by molar-refractivity contribution is -0.132. The molecule has 6 aromatic rings. The summed E-state index contributed by atoms with van der Waals surface area (Å²) in [4.78, 5) is 89.9. The highest BCUT2D eigenvalue weighted by molar-refractivity contribution is 5.92. The largest absolute Gasteiger partial charge is 0.340 e. The fourth-order valence-corrected chi connectivity index (χ4v) is 8.50. The molecule has 416 valence electrons. The van der Waals surface area contributed by atoms with Crippen molar-refractivity contribution in [2.24, 2.45) is 34.6 Å². The van der Waals surface area contributed by atoms with Crippen molar-refractivity contribution in [2.45, 2.75) is 57.0 Å². The molecule has 2 heterocycles. The van der Waals surface area contributed by atoms with Crippen molar-refractivity contribution < 1.29 is 28.8 Å². The standard InChI is InChI=1S/C29H40N8O3.C28H37N7O3/c30-12-14-33-15-17-36(16-13-31)28(39)21-37(32)29(40)35-26(11-10-22-6-2-1-3-7-22)27(38)19-23-18-24-8-4-5-9-25(24)34-20-23;29-13-16-34(17-14-30)27(37)12-15-35(31)28(38)33-25(11-10-21-6-2-1-3-7-21)26(36)19-22-18-23-8-4-5-9-24(23)32-20-22/h1-9,18,20,26,33H,10-17,19,21,30-32H2,(H,35,40);1-9,18,20,25H,10-17,19,29-31H2,(H,33,38)/t26-;25-/m00/s1. The summed E-state index contributed by atoms with van der Waals surface area (Å²) >= 11 is 0. The number of urea groups is 2. The van der Waals surface area contributed by atoms with E-state index in [2.05, 4.69) is 25.9 Å². The van der Waals surface area contributed by atoms with Crippen molar-refractivity contribution in [1.82, 2.24) is 45.7 Å². The summed E-state index contributed by atoms with van der Waals surface area (Å²) in [6.07, 6.45) is 5.57. The Morgan fingerprint density at radius 2 is 0.910 bits per heavy atom. The highest BCUT2D eigenvalue weighted by Crippen LogP contribution is 2.17. The summed E-state index contributed by atoms with van der Waals surface area (Å²) in [5.74, 6) is 11.1. The van der Waals surface area contributed by atoms with Gasteiger partial charge in [-0.1, -0.05) is 97.1 Å². The van der Waals surface area contributed by atoms with Gasteiger partial charge >= 0.3 is 12.1 Å². The number of aryl methyl sites for hydroxylation is 2. The zero-order valence-electron chi connectivity index (χ0n) is 44.4. The van der Waals surface area contributed by atoms with Gasteiger partial charge in [-0.2, -0.15) is 0 Å². The number of carbonyl (C=O) groups is 6. The first-order chi connectivity index (χ1) is 37.8. The Labute approximate surface area is 456 Å². The van der Waals surface area contributed by atoms with Gasteiger partial charge in [0.05, 0.1) is 23.1 Å². The van der Waals surface area contributed by atoms with Crippen molar-refractivity contribution in [3.8, 4) is 0 Å². The van der Waals surface area contributed by atoms with Crippen LogP contribution in [0.15, 0.2) is 134 Å². The molecule has 0 spiro atoms. The highest BCUT2D eigenvalue weighted by atomic mass is 16.2. The lowest BCUT2D eigenvalue weighted by Crippen LogP contribution is -2.54. The number of fused-ring (bicyclic) bond motifs is 2. The van der Waals surface area contributed by atoms with Crippen LogP contribution >= 0.6 is 0 Å². The van der Waals surface area contributed by atoms with Gasteiger partial charge in [-0.3, -0.25) is 39.2 Å². The smallest absolute Gasteiger partial charge is 0.332 e. The van der Waals surface area contributed by atoms with Crippen LogP contribution in [0.5, 0.6) is 0 Å². The molecule has 78 heavy (non-hydrogen) atoms. The minimum atomic E-state index is -0.805. The monoisotopic (exact) mass is 1070 g/mol. The Kier molecular flexibility index (Phi) is 26.2. The Bertz CT molecular complexity index is 2820. The molecule has 0 aliphatic carbocycles. The number of hydrazine groups is 2. The number of nitrogens with one attached hydrogen (secondary N) is 3. The molecule has 0 saturated heterocycles. The van der Waals surface area contributed by atoms with E-state index in [9.17, 15) is 28.8 Å². The van der Waals surface area contributed by atoms with Gasteiger partial charge in [0, 0.05) is 114 Å². The summed E-state index contributed by atoms with van der Waals surface area (Å²) in [7, 11) is 0. The first kappa shape index (κ1) is 61.1. The highest BCUT2D eigenvalue weighted by Gasteiger charge is 2.27. The van der Waals surface area contributed by atoms with Crippen LogP contribution in [0.3, 0.4) is 0 Å². The number of pyridine rings is 2. The molecule has 6 amide bonds. The van der Waals surface area contributed by atoms with Crippen LogP contribution in [0.4, 0.5) is 9.59 Å². The van der Waals surface area contributed by atoms with E-state index in [-0.39, 0.29) is 62.3 Å². The lowest BCUT2D eigenvalue weighted by Gasteiger charge is -2.26. The molecule has 0 aliphatic rings. The summed E-state index contributed by atoms with van der Waals surface area (Å²) in [5, 5.41) is 12.3. The number of rotatable bonds is 30. The van der Waals surface area contributed by atoms with Gasteiger partial charge in [-0.25, -0.2) is 21.3 Å². The zero-order chi connectivity index (χ0) is 56.1. The van der Waals surface area contributed by atoms with Crippen LogP contribution in [-0.4, -0.2) is 156 Å². The number of amides is 6. The van der Waals surface area contributed by atoms with Crippen molar-refractivity contribution in [1.29, 1.82) is 0 Å². The van der Waals surface area contributed by atoms with Crippen molar-refractivity contribution in [3.05, 3.63) is 156 Å². The molecule has 4 aromatic carbocycles. The molecule has 0 saturated carbocycles. The van der Waals surface area contributed by atoms with Crippen LogP contribution in [0.1, 0.15) is 41.5 Å². The predicted molar refractivity (Wildman–Crippen MR) is 304 cm³/mol. The third-order valence-electron chi connectivity index (χ3n) is 12.7. The summed E-state index contributed by atoms with van der Waals surface area (Å²) in [6.45, 7) is 3.71. The van der Waals surface area contributed by atoms with Crippen LogP contribution in [-0.2, 0) is 44.9 Å². The lowest BCUT2D eigenvalue weighted by atomic mass is 9.98. The maximum absolute atomic E-state index is 13.4. The number of aromatic nitrogens is 2. The normalized spacial score (nSPS) is 11.7. The van der Waals surface area contributed by atoms with E-state index in [1.165, 1.54) is 0 Å².